The van der Waals surface area contributed by atoms with Crippen molar-refractivity contribution in [1.82, 2.24) is 9.88 Å². The number of carbonyl (C=O) groups excluding carboxylic acids is 2. The van der Waals surface area contributed by atoms with Crippen LogP contribution in [0.15, 0.2) is 53.6 Å². The van der Waals surface area contributed by atoms with E-state index in [2.05, 4.69) is 5.32 Å². The number of thioether (sulfide) groups is 1. The normalized spacial score (nSPS) is 15.8. The molecule has 0 radical (unpaired) electrons. The number of hydrogen-bond acceptors (Lipinski definition) is 3. The lowest BCUT2D eigenvalue weighted by molar-refractivity contribution is -0.115. The van der Waals surface area contributed by atoms with E-state index < -0.39 is 5.91 Å². The summed E-state index contributed by atoms with van der Waals surface area (Å²) in [5, 5.41) is 3.12. The molecule has 0 unspecified atom stereocenters. The minimum atomic E-state index is -0.408. The standard InChI is InChI=1S/C19H12ClFN2O2S/c20-14-5-3-6-15(21)13(14)10-23-9-11(12-4-1-2-7-16(12)23)8-17-18(24)22-19(25)26-17/h1-9H,10H2,(H,22,24,25). The van der Waals surface area contributed by atoms with Crippen molar-refractivity contribution in [3.63, 3.8) is 0 Å². The van der Waals surface area contributed by atoms with Crippen LogP contribution in [0.2, 0.25) is 5.02 Å². The lowest BCUT2D eigenvalue weighted by atomic mass is 10.1. The molecule has 26 heavy (non-hydrogen) atoms. The summed E-state index contributed by atoms with van der Waals surface area (Å²) in [6.07, 6.45) is 3.50. The van der Waals surface area contributed by atoms with Crippen LogP contribution in [0.4, 0.5) is 9.18 Å². The zero-order valence-corrected chi connectivity index (χ0v) is 14.9. The topological polar surface area (TPSA) is 51.1 Å². The van der Waals surface area contributed by atoms with E-state index in [1.165, 1.54) is 6.07 Å². The summed E-state index contributed by atoms with van der Waals surface area (Å²) >= 11 is 7.02. The molecule has 1 aliphatic heterocycles. The van der Waals surface area contributed by atoms with Gasteiger partial charge < -0.3 is 4.57 Å². The molecule has 1 aliphatic rings. The van der Waals surface area contributed by atoms with Gasteiger partial charge in [0.2, 0.25) is 0 Å². The Morgan fingerprint density at radius 3 is 2.69 bits per heavy atom. The number of amides is 2. The molecule has 0 spiro atoms. The molecule has 4 nitrogen and oxygen atoms in total. The van der Waals surface area contributed by atoms with Crippen LogP contribution in [0.25, 0.3) is 17.0 Å². The van der Waals surface area contributed by atoms with E-state index in [4.69, 9.17) is 11.6 Å². The quantitative estimate of drug-likeness (QED) is 0.657. The van der Waals surface area contributed by atoms with Gasteiger partial charge in [0.05, 0.1) is 11.4 Å². The summed E-state index contributed by atoms with van der Waals surface area (Å²) in [5.74, 6) is -0.777. The largest absolute Gasteiger partial charge is 0.342 e. The van der Waals surface area contributed by atoms with E-state index in [0.717, 1.165) is 28.2 Å². The van der Waals surface area contributed by atoms with Crippen molar-refractivity contribution in [2.75, 3.05) is 0 Å². The summed E-state index contributed by atoms with van der Waals surface area (Å²) in [4.78, 5) is 23.5. The molecule has 0 atom stereocenters. The third-order valence-corrected chi connectivity index (χ3v) is 5.30. The molecule has 2 aromatic carbocycles. The Bertz CT molecular complexity index is 1070. The SMILES string of the molecule is O=C1NC(=O)C(=Cc2cn(Cc3c(F)cccc3Cl)c3ccccc23)S1. The van der Waals surface area contributed by atoms with Gasteiger partial charge in [-0.15, -0.1) is 0 Å². The summed E-state index contributed by atoms with van der Waals surface area (Å²) in [6, 6.07) is 12.2. The Kier molecular flexibility index (Phi) is 4.30. The first-order valence-electron chi connectivity index (χ1n) is 7.78. The second-order valence-electron chi connectivity index (χ2n) is 5.78. The summed E-state index contributed by atoms with van der Waals surface area (Å²) in [6.45, 7) is 0.257. The highest BCUT2D eigenvalue weighted by atomic mass is 35.5. The molecule has 2 heterocycles. The lowest BCUT2D eigenvalue weighted by Crippen LogP contribution is -2.17. The van der Waals surface area contributed by atoms with Crippen molar-refractivity contribution in [3.05, 3.63) is 75.5 Å². The molecular formula is C19H12ClFN2O2S. The highest BCUT2D eigenvalue weighted by Crippen LogP contribution is 2.30. The predicted octanol–water partition coefficient (Wildman–Crippen LogP) is 4.81. The smallest absolute Gasteiger partial charge is 0.290 e. The minimum Gasteiger partial charge on any atom is -0.342 e. The maximum absolute atomic E-state index is 14.2. The molecule has 0 bridgehead atoms. The molecule has 1 fully saturated rings. The van der Waals surface area contributed by atoms with Gasteiger partial charge in [-0.3, -0.25) is 14.9 Å². The van der Waals surface area contributed by atoms with Gasteiger partial charge in [0.1, 0.15) is 5.82 Å². The third-order valence-electron chi connectivity index (χ3n) is 4.14. The fourth-order valence-corrected chi connectivity index (χ4v) is 3.83. The highest BCUT2D eigenvalue weighted by Gasteiger charge is 2.25. The molecule has 1 aromatic heterocycles. The van der Waals surface area contributed by atoms with E-state index in [-0.39, 0.29) is 17.6 Å². The molecule has 1 saturated heterocycles. The van der Waals surface area contributed by atoms with Gasteiger partial charge in [0.25, 0.3) is 11.1 Å². The Hall–Kier alpha value is -2.57. The van der Waals surface area contributed by atoms with Crippen LogP contribution in [0.5, 0.6) is 0 Å². The summed E-state index contributed by atoms with van der Waals surface area (Å²) < 4.78 is 16.0. The Labute approximate surface area is 157 Å². The fourth-order valence-electron chi connectivity index (χ4n) is 2.94. The first kappa shape index (κ1) is 16.9. The van der Waals surface area contributed by atoms with Crippen LogP contribution in [0, 0.1) is 5.82 Å². The number of para-hydroxylation sites is 1. The van der Waals surface area contributed by atoms with Crippen molar-refractivity contribution in [3.8, 4) is 0 Å². The number of halogens is 2. The van der Waals surface area contributed by atoms with Crippen molar-refractivity contribution in [2.24, 2.45) is 0 Å². The molecular weight excluding hydrogens is 375 g/mol. The maximum Gasteiger partial charge on any atom is 0.290 e. The van der Waals surface area contributed by atoms with Crippen LogP contribution in [-0.2, 0) is 11.3 Å². The number of aromatic nitrogens is 1. The first-order chi connectivity index (χ1) is 12.5. The Morgan fingerprint density at radius 2 is 1.96 bits per heavy atom. The number of fused-ring (bicyclic) bond motifs is 1. The molecule has 3 aromatic rings. The highest BCUT2D eigenvalue weighted by molar-refractivity contribution is 8.18. The first-order valence-corrected chi connectivity index (χ1v) is 8.98. The maximum atomic E-state index is 14.2. The number of nitrogens with one attached hydrogen (secondary N) is 1. The molecule has 0 aliphatic carbocycles. The molecule has 4 rings (SSSR count). The second kappa shape index (κ2) is 6.63. The van der Waals surface area contributed by atoms with Gasteiger partial charge in [-0.25, -0.2) is 4.39 Å². The van der Waals surface area contributed by atoms with Crippen LogP contribution in [0.3, 0.4) is 0 Å². The van der Waals surface area contributed by atoms with Gasteiger partial charge in [-0.05, 0) is 36.0 Å². The number of benzene rings is 2. The van der Waals surface area contributed by atoms with Crippen molar-refractivity contribution in [2.45, 2.75) is 6.54 Å². The number of nitrogens with zero attached hydrogens (tertiary/aromatic N) is 1. The lowest BCUT2D eigenvalue weighted by Gasteiger charge is -2.08. The Morgan fingerprint density at radius 1 is 1.15 bits per heavy atom. The fraction of sp³-hybridized carbons (Fsp3) is 0.0526. The number of hydrogen-bond donors (Lipinski definition) is 1. The number of imide groups is 1. The molecule has 2 amide bonds. The van der Waals surface area contributed by atoms with E-state index in [1.54, 1.807) is 18.2 Å². The van der Waals surface area contributed by atoms with Gasteiger partial charge in [0.15, 0.2) is 0 Å². The molecule has 7 heteroatoms. The Balaban J connectivity index is 1.81. The molecule has 0 saturated carbocycles. The van der Waals surface area contributed by atoms with Crippen molar-refractivity contribution >= 4 is 51.5 Å². The number of rotatable bonds is 3. The van der Waals surface area contributed by atoms with Crippen molar-refractivity contribution in [1.29, 1.82) is 0 Å². The zero-order valence-electron chi connectivity index (χ0n) is 13.3. The van der Waals surface area contributed by atoms with E-state index in [0.29, 0.717) is 15.5 Å². The summed E-state index contributed by atoms with van der Waals surface area (Å²) in [5.41, 5.74) is 2.06. The number of carbonyl (C=O) groups is 2. The predicted molar refractivity (Wildman–Crippen MR) is 102 cm³/mol. The molecule has 130 valence electrons. The average Bonchev–Trinajstić information content (AvgIpc) is 3.11. The van der Waals surface area contributed by atoms with Gasteiger partial charge >= 0.3 is 0 Å². The van der Waals surface area contributed by atoms with Gasteiger partial charge in [-0.1, -0.05) is 35.9 Å². The third kappa shape index (κ3) is 3.02. The minimum absolute atomic E-state index is 0.257. The van der Waals surface area contributed by atoms with Gasteiger partial charge in [-0.2, -0.15) is 0 Å². The van der Waals surface area contributed by atoms with E-state index >= 15 is 0 Å². The van der Waals surface area contributed by atoms with Crippen LogP contribution in [-0.4, -0.2) is 15.7 Å². The zero-order chi connectivity index (χ0) is 18.3. The van der Waals surface area contributed by atoms with Crippen LogP contribution < -0.4 is 5.32 Å². The van der Waals surface area contributed by atoms with Crippen LogP contribution in [0.1, 0.15) is 11.1 Å². The van der Waals surface area contributed by atoms with E-state index in [1.807, 2.05) is 35.0 Å². The summed E-state index contributed by atoms with van der Waals surface area (Å²) in [7, 11) is 0. The van der Waals surface area contributed by atoms with Crippen molar-refractivity contribution < 1.29 is 14.0 Å². The molecule has 1 N–H and O–H groups in total. The second-order valence-corrected chi connectivity index (χ2v) is 7.20. The van der Waals surface area contributed by atoms with E-state index in [9.17, 15) is 14.0 Å². The van der Waals surface area contributed by atoms with Crippen LogP contribution >= 0.6 is 23.4 Å². The average molecular weight is 387 g/mol. The van der Waals surface area contributed by atoms with Gasteiger partial charge in [0, 0.05) is 33.2 Å². The monoisotopic (exact) mass is 386 g/mol.